The third-order valence-corrected chi connectivity index (χ3v) is 7.19. The van der Waals surface area contributed by atoms with E-state index in [4.69, 9.17) is 5.73 Å². The van der Waals surface area contributed by atoms with Crippen LogP contribution in [0.15, 0.2) is 53.0 Å². The maximum Gasteiger partial charge on any atom is 0.108 e. The van der Waals surface area contributed by atoms with Gasteiger partial charge >= 0.3 is 0 Å². The average molecular weight is 481 g/mol. The summed E-state index contributed by atoms with van der Waals surface area (Å²) in [7, 11) is 0. The molecule has 0 aromatic heterocycles. The van der Waals surface area contributed by atoms with Crippen molar-refractivity contribution < 1.29 is 4.39 Å². The summed E-state index contributed by atoms with van der Waals surface area (Å²) in [4.78, 5) is 0. The molecule has 1 aliphatic carbocycles. The van der Waals surface area contributed by atoms with Gasteiger partial charge in [-0.2, -0.15) is 10.2 Å². The third-order valence-electron chi connectivity index (χ3n) is 7.19. The van der Waals surface area contributed by atoms with Crippen LogP contribution in [-0.2, 0) is 6.42 Å². The summed E-state index contributed by atoms with van der Waals surface area (Å²) in [6.07, 6.45) is 7.77. The van der Waals surface area contributed by atoms with Crippen molar-refractivity contribution in [2.45, 2.75) is 78.8 Å². The van der Waals surface area contributed by atoms with Gasteiger partial charge in [-0.25, -0.2) is 4.39 Å². The predicted octanol–water partition coefficient (Wildman–Crippen LogP) is 6.80. The van der Waals surface area contributed by atoms with Crippen LogP contribution < -0.4 is 11.1 Å². The molecule has 35 heavy (non-hydrogen) atoms. The highest BCUT2D eigenvalue weighted by Crippen LogP contribution is 2.44. The minimum atomic E-state index is -1.03. The number of rotatable bonds is 6. The molecule has 4 nitrogen and oxygen atoms in total. The first-order chi connectivity index (χ1) is 16.7. The van der Waals surface area contributed by atoms with Crippen LogP contribution in [0.1, 0.15) is 76.5 Å². The van der Waals surface area contributed by atoms with Gasteiger partial charge < -0.3 is 11.1 Å². The molecule has 0 amide bonds. The molecule has 2 heterocycles. The Hall–Kier alpha value is -2.49. The van der Waals surface area contributed by atoms with Crippen LogP contribution in [0.3, 0.4) is 0 Å². The zero-order valence-electron chi connectivity index (χ0n) is 22.5. The van der Waals surface area contributed by atoms with Gasteiger partial charge in [0.05, 0.1) is 5.70 Å². The van der Waals surface area contributed by atoms with Crippen LogP contribution in [0.4, 0.5) is 4.39 Å². The topological polar surface area (TPSA) is 62.8 Å². The molecule has 3 N–H and O–H groups in total. The largest absolute Gasteiger partial charge is 0.396 e. The zero-order chi connectivity index (χ0) is 26.0. The van der Waals surface area contributed by atoms with Crippen LogP contribution in [0, 0.1) is 24.7 Å². The lowest BCUT2D eigenvalue weighted by Crippen LogP contribution is -2.41. The number of nitrogens with two attached hydrogens (primary N) is 1. The van der Waals surface area contributed by atoms with Gasteiger partial charge in [-0.3, -0.25) is 0 Å². The molecule has 2 aliphatic heterocycles. The number of allylic oxidation sites excluding steroid dienone is 1. The van der Waals surface area contributed by atoms with Gasteiger partial charge in [0.25, 0.3) is 0 Å². The number of hydrogen-bond acceptors (Lipinski definition) is 4. The summed E-state index contributed by atoms with van der Waals surface area (Å²) in [5.41, 5.74) is 14.0. The summed E-state index contributed by atoms with van der Waals surface area (Å²) in [5, 5.41) is 12.2. The number of halogens is 1. The molecule has 1 saturated carbocycles. The van der Waals surface area contributed by atoms with E-state index in [0.29, 0.717) is 24.0 Å². The fraction of sp³-hybridized carbons (Fsp3) is 0.567. The van der Waals surface area contributed by atoms with Crippen molar-refractivity contribution in [1.29, 1.82) is 0 Å². The zero-order valence-corrected chi connectivity index (χ0v) is 22.5. The van der Waals surface area contributed by atoms with Crippen molar-refractivity contribution >= 4 is 17.5 Å². The van der Waals surface area contributed by atoms with Gasteiger partial charge in [-0.15, -0.1) is 5.73 Å². The molecule has 0 spiro atoms. The first-order valence-electron chi connectivity index (χ1n) is 13.1. The van der Waals surface area contributed by atoms with Crippen molar-refractivity contribution in [2.24, 2.45) is 33.7 Å². The predicted molar refractivity (Wildman–Crippen MR) is 150 cm³/mol. The molecule has 2 fully saturated rings. The molecule has 192 valence electrons. The summed E-state index contributed by atoms with van der Waals surface area (Å²) in [5.74, 6) is 1.32. The normalized spacial score (nSPS) is 21.7. The van der Waals surface area contributed by atoms with Crippen molar-refractivity contribution in [3.05, 3.63) is 59.5 Å². The lowest BCUT2D eigenvalue weighted by atomic mass is 9.66. The standard InChI is InChI=1S/C15H24FN3.C13H15N.C2H6/c1-15(2,16)12-7-11(8-12)14-9-13(18-19-14)10-3-5-17-6-4-10;1-4-11-8-10(3)6-7-12(11)9-13(14)5-2;1-2/h10-12,17H,3-9H2,1-2H3;4,6-8H,1-2,9,14H2,3H3;1-2H3. The van der Waals surface area contributed by atoms with E-state index in [1.807, 2.05) is 19.9 Å². The Morgan fingerprint density at radius 3 is 2.31 bits per heavy atom. The first-order valence-corrected chi connectivity index (χ1v) is 13.1. The second-order valence-electron chi connectivity index (χ2n) is 10.1. The second kappa shape index (κ2) is 13.6. The summed E-state index contributed by atoms with van der Waals surface area (Å²) < 4.78 is 13.8. The molecule has 0 bridgehead atoms. The Morgan fingerprint density at radius 2 is 1.77 bits per heavy atom. The highest BCUT2D eigenvalue weighted by atomic mass is 19.1. The summed E-state index contributed by atoms with van der Waals surface area (Å²) >= 11 is 0. The van der Waals surface area contributed by atoms with Gasteiger partial charge in [0.2, 0.25) is 0 Å². The molecule has 1 aromatic rings. The maximum absolute atomic E-state index is 13.8. The van der Waals surface area contributed by atoms with Gasteiger partial charge in [-0.05, 0) is 76.6 Å². The van der Waals surface area contributed by atoms with E-state index >= 15 is 0 Å². The van der Waals surface area contributed by atoms with E-state index in [0.717, 1.165) is 37.9 Å². The maximum atomic E-state index is 13.8. The van der Waals surface area contributed by atoms with E-state index in [1.165, 1.54) is 35.4 Å². The first kappa shape index (κ1) is 28.7. The summed E-state index contributed by atoms with van der Waals surface area (Å²) in [6, 6.07) is 6.23. The van der Waals surface area contributed by atoms with Crippen molar-refractivity contribution in [1.82, 2.24) is 5.32 Å². The number of hydrogen-bond donors (Lipinski definition) is 2. The lowest BCUT2D eigenvalue weighted by molar-refractivity contribution is 0.0479. The highest BCUT2D eigenvalue weighted by Gasteiger charge is 2.43. The number of piperidine rings is 1. The van der Waals surface area contributed by atoms with Crippen molar-refractivity contribution in [2.75, 3.05) is 13.1 Å². The van der Waals surface area contributed by atoms with E-state index in [-0.39, 0.29) is 5.92 Å². The Balaban J connectivity index is 0.000000241. The van der Waals surface area contributed by atoms with Gasteiger partial charge in [0, 0.05) is 36.1 Å². The Bertz CT molecular complexity index is 951. The van der Waals surface area contributed by atoms with Gasteiger partial charge in [0.15, 0.2) is 0 Å². The highest BCUT2D eigenvalue weighted by molar-refractivity contribution is 6.09. The van der Waals surface area contributed by atoms with Crippen molar-refractivity contribution in [3.63, 3.8) is 0 Å². The lowest BCUT2D eigenvalue weighted by Gasteiger charge is -2.41. The number of nitrogens with zero attached hydrogens (tertiary/aromatic N) is 2. The number of nitrogens with one attached hydrogen (secondary N) is 1. The van der Waals surface area contributed by atoms with Crippen LogP contribution in [-0.4, -0.2) is 30.2 Å². The molecular weight excluding hydrogens is 435 g/mol. The molecule has 1 saturated heterocycles. The van der Waals surface area contributed by atoms with E-state index in [9.17, 15) is 4.39 Å². The molecular formula is C30H45FN4. The summed E-state index contributed by atoms with van der Waals surface area (Å²) in [6.45, 7) is 18.9. The number of aryl methyl sites for hydroxylation is 1. The molecule has 4 rings (SSSR count). The monoisotopic (exact) mass is 480 g/mol. The average Bonchev–Trinajstić information content (AvgIpc) is 3.30. The molecule has 0 unspecified atom stereocenters. The molecule has 1 aromatic carbocycles. The third kappa shape index (κ3) is 8.30. The Labute approximate surface area is 212 Å². The van der Waals surface area contributed by atoms with Crippen LogP contribution >= 0.6 is 0 Å². The Morgan fingerprint density at radius 1 is 1.17 bits per heavy atom. The van der Waals surface area contributed by atoms with Crippen LogP contribution in [0.5, 0.6) is 0 Å². The van der Waals surface area contributed by atoms with E-state index < -0.39 is 5.67 Å². The smallest absolute Gasteiger partial charge is 0.108 e. The SMILES string of the molecule is C=C=C(N)Cc1ccc(C)cc1C=C.CC.CC(C)(F)C1CC(C2=NN=C(C3CCNCC3)C2)C1. The minimum absolute atomic E-state index is 0.211. The van der Waals surface area contributed by atoms with Crippen LogP contribution in [0.2, 0.25) is 0 Å². The minimum Gasteiger partial charge on any atom is -0.396 e. The van der Waals surface area contributed by atoms with Gasteiger partial charge in [-0.1, -0.05) is 56.8 Å². The number of alkyl halides is 1. The van der Waals surface area contributed by atoms with Crippen molar-refractivity contribution in [3.8, 4) is 0 Å². The van der Waals surface area contributed by atoms with Gasteiger partial charge in [0.1, 0.15) is 5.67 Å². The molecule has 0 atom stereocenters. The van der Waals surface area contributed by atoms with Crippen LogP contribution in [0.25, 0.3) is 6.08 Å². The Kier molecular flexibility index (Phi) is 11.1. The number of benzene rings is 1. The van der Waals surface area contributed by atoms with E-state index in [2.05, 4.69) is 59.5 Å². The molecule has 0 radical (unpaired) electrons. The molecule has 3 aliphatic rings. The fourth-order valence-electron chi connectivity index (χ4n) is 4.78. The quantitative estimate of drug-likeness (QED) is 0.440. The van der Waals surface area contributed by atoms with E-state index in [1.54, 1.807) is 13.8 Å². The fourth-order valence-corrected chi connectivity index (χ4v) is 4.78. The molecule has 5 heteroatoms. The second-order valence-corrected chi connectivity index (χ2v) is 10.1.